The molecular weight excluding hydrogens is 266 g/mol. The molecule has 2 rings (SSSR count). The first-order chi connectivity index (χ1) is 9.01. The molecule has 0 aliphatic carbocycles. The molecule has 0 saturated carbocycles. The summed E-state index contributed by atoms with van der Waals surface area (Å²) in [6.07, 6.45) is 0.428. The van der Waals surface area contributed by atoms with Gasteiger partial charge >= 0.3 is 0 Å². The Bertz CT molecular complexity index is 615. The lowest BCUT2D eigenvalue weighted by atomic mass is 10.2. The Labute approximate surface area is 114 Å². The smallest absolute Gasteiger partial charge is 0.150 e. The van der Waals surface area contributed by atoms with E-state index < -0.39 is 11.6 Å². The molecule has 0 aliphatic rings. The van der Waals surface area contributed by atoms with Gasteiger partial charge in [0.25, 0.3) is 0 Å². The second kappa shape index (κ2) is 5.53. The van der Waals surface area contributed by atoms with Gasteiger partial charge in [0.2, 0.25) is 0 Å². The predicted octanol–water partition coefficient (Wildman–Crippen LogP) is 4.55. The van der Waals surface area contributed by atoms with Crippen LogP contribution in [0.1, 0.15) is 21.5 Å². The molecule has 4 heteroatoms. The van der Waals surface area contributed by atoms with Gasteiger partial charge in [0, 0.05) is 10.5 Å². The van der Waals surface area contributed by atoms with Crippen molar-refractivity contribution in [2.45, 2.75) is 23.6 Å². The van der Waals surface area contributed by atoms with Crippen molar-refractivity contribution in [3.8, 4) is 0 Å². The highest BCUT2D eigenvalue weighted by Gasteiger charge is 2.13. The Balaban J connectivity index is 2.41. The van der Waals surface area contributed by atoms with Crippen LogP contribution in [0, 0.1) is 25.5 Å². The molecule has 98 valence electrons. The zero-order chi connectivity index (χ0) is 14.0. The summed E-state index contributed by atoms with van der Waals surface area (Å²) < 4.78 is 27.5. The fraction of sp³-hybridized carbons (Fsp3) is 0.133. The van der Waals surface area contributed by atoms with E-state index in [1.54, 1.807) is 0 Å². The first-order valence-electron chi connectivity index (χ1n) is 5.70. The van der Waals surface area contributed by atoms with Gasteiger partial charge in [-0.2, -0.15) is 0 Å². The molecule has 0 radical (unpaired) electrons. The highest BCUT2D eigenvalue weighted by Crippen LogP contribution is 2.34. The van der Waals surface area contributed by atoms with Crippen molar-refractivity contribution in [1.82, 2.24) is 0 Å². The first-order valence-corrected chi connectivity index (χ1v) is 6.52. The van der Waals surface area contributed by atoms with E-state index in [9.17, 15) is 13.6 Å². The second-order valence-corrected chi connectivity index (χ2v) is 5.35. The molecular formula is C15H12F2OS. The van der Waals surface area contributed by atoms with Crippen LogP contribution < -0.4 is 0 Å². The first kappa shape index (κ1) is 13.7. The van der Waals surface area contributed by atoms with Crippen LogP contribution in [0.3, 0.4) is 0 Å². The molecule has 2 aromatic rings. The molecule has 0 bridgehead atoms. The lowest BCUT2D eigenvalue weighted by Gasteiger charge is -2.08. The van der Waals surface area contributed by atoms with Gasteiger partial charge in [-0.1, -0.05) is 29.5 Å². The van der Waals surface area contributed by atoms with Crippen LogP contribution in [0.2, 0.25) is 0 Å². The number of halogens is 2. The van der Waals surface area contributed by atoms with Gasteiger partial charge in [0.05, 0.1) is 4.90 Å². The molecule has 19 heavy (non-hydrogen) atoms. The summed E-state index contributed by atoms with van der Waals surface area (Å²) in [7, 11) is 0. The van der Waals surface area contributed by atoms with Crippen LogP contribution in [0.15, 0.2) is 40.1 Å². The van der Waals surface area contributed by atoms with E-state index >= 15 is 0 Å². The van der Waals surface area contributed by atoms with Crippen molar-refractivity contribution in [3.63, 3.8) is 0 Å². The lowest BCUT2D eigenvalue weighted by molar-refractivity contribution is 0.112. The average molecular weight is 278 g/mol. The fourth-order valence-electron chi connectivity index (χ4n) is 1.77. The highest BCUT2D eigenvalue weighted by atomic mass is 32.2. The van der Waals surface area contributed by atoms with Crippen LogP contribution in [-0.2, 0) is 0 Å². The third-order valence-electron chi connectivity index (χ3n) is 2.70. The Morgan fingerprint density at radius 1 is 1.05 bits per heavy atom. The minimum Gasteiger partial charge on any atom is -0.298 e. The van der Waals surface area contributed by atoms with Gasteiger partial charge in [0.1, 0.15) is 17.9 Å². The van der Waals surface area contributed by atoms with Crippen LogP contribution in [0.4, 0.5) is 8.78 Å². The number of carbonyl (C=O) groups excluding carboxylic acids is 1. The van der Waals surface area contributed by atoms with E-state index in [1.807, 2.05) is 32.0 Å². The minimum atomic E-state index is -0.716. The van der Waals surface area contributed by atoms with Gasteiger partial charge in [-0.05, 0) is 37.6 Å². The zero-order valence-corrected chi connectivity index (χ0v) is 11.4. The Morgan fingerprint density at radius 3 is 2.21 bits per heavy atom. The molecule has 0 N–H and O–H groups in total. The van der Waals surface area contributed by atoms with Crippen molar-refractivity contribution in [2.24, 2.45) is 0 Å². The van der Waals surface area contributed by atoms with Crippen molar-refractivity contribution in [1.29, 1.82) is 0 Å². The Morgan fingerprint density at radius 2 is 1.68 bits per heavy atom. The quantitative estimate of drug-likeness (QED) is 0.766. The molecule has 0 amide bonds. The molecule has 0 aromatic heterocycles. The summed E-state index contributed by atoms with van der Waals surface area (Å²) in [6, 6.07) is 7.77. The largest absolute Gasteiger partial charge is 0.298 e. The molecule has 2 aromatic carbocycles. The maximum atomic E-state index is 13.8. The molecule has 1 nitrogen and oxygen atoms in total. The van der Waals surface area contributed by atoms with Crippen LogP contribution in [0.5, 0.6) is 0 Å². The van der Waals surface area contributed by atoms with Crippen molar-refractivity contribution >= 4 is 18.0 Å². The molecule has 0 spiro atoms. The average Bonchev–Trinajstić information content (AvgIpc) is 2.35. The maximum absolute atomic E-state index is 13.8. The van der Waals surface area contributed by atoms with Crippen molar-refractivity contribution in [2.75, 3.05) is 0 Å². The van der Waals surface area contributed by atoms with Gasteiger partial charge in [-0.15, -0.1) is 0 Å². The van der Waals surface area contributed by atoms with Gasteiger partial charge in [-0.3, -0.25) is 4.79 Å². The number of benzene rings is 2. The number of hydrogen-bond donors (Lipinski definition) is 0. The van der Waals surface area contributed by atoms with Crippen LogP contribution in [0.25, 0.3) is 0 Å². The zero-order valence-electron chi connectivity index (χ0n) is 10.5. The van der Waals surface area contributed by atoms with Crippen LogP contribution in [-0.4, -0.2) is 6.29 Å². The SMILES string of the molecule is Cc1ccc(Sc2c(F)cc(C=O)cc2F)c(C)c1. The molecule has 0 saturated heterocycles. The normalized spacial score (nSPS) is 10.5. The molecule has 0 fully saturated rings. The summed E-state index contributed by atoms with van der Waals surface area (Å²) in [6.45, 7) is 3.85. The summed E-state index contributed by atoms with van der Waals surface area (Å²) in [5.74, 6) is -1.43. The molecule has 0 unspecified atom stereocenters. The summed E-state index contributed by atoms with van der Waals surface area (Å²) >= 11 is 1.03. The standard InChI is InChI=1S/C15H12F2OS/c1-9-3-4-14(10(2)5-9)19-15-12(16)6-11(8-18)7-13(15)17/h3-8H,1-2H3. The third-order valence-corrected chi connectivity index (χ3v) is 3.97. The van der Waals surface area contributed by atoms with Crippen molar-refractivity contribution in [3.05, 3.63) is 58.7 Å². The monoisotopic (exact) mass is 278 g/mol. The van der Waals surface area contributed by atoms with E-state index in [2.05, 4.69) is 0 Å². The summed E-state index contributed by atoms with van der Waals surface area (Å²) in [5, 5.41) is 0. The molecule has 0 aliphatic heterocycles. The number of hydrogen-bond acceptors (Lipinski definition) is 2. The Kier molecular flexibility index (Phi) is 4.00. The van der Waals surface area contributed by atoms with E-state index in [1.165, 1.54) is 0 Å². The summed E-state index contributed by atoms with van der Waals surface area (Å²) in [5.41, 5.74) is 2.06. The Hall–Kier alpha value is -1.68. The second-order valence-electron chi connectivity index (χ2n) is 4.30. The predicted molar refractivity (Wildman–Crippen MR) is 71.8 cm³/mol. The van der Waals surface area contributed by atoms with Gasteiger partial charge in [0.15, 0.2) is 0 Å². The van der Waals surface area contributed by atoms with Crippen LogP contribution >= 0.6 is 11.8 Å². The summed E-state index contributed by atoms with van der Waals surface area (Å²) in [4.78, 5) is 11.2. The molecule has 0 heterocycles. The van der Waals surface area contributed by atoms with E-state index in [4.69, 9.17) is 0 Å². The van der Waals surface area contributed by atoms with Gasteiger partial charge in [-0.25, -0.2) is 8.78 Å². The number of aryl methyl sites for hydroxylation is 2. The van der Waals surface area contributed by atoms with Gasteiger partial charge < -0.3 is 0 Å². The number of aldehydes is 1. The van der Waals surface area contributed by atoms with E-state index in [-0.39, 0.29) is 10.5 Å². The molecule has 0 atom stereocenters. The van der Waals surface area contributed by atoms with Crippen molar-refractivity contribution < 1.29 is 13.6 Å². The topological polar surface area (TPSA) is 17.1 Å². The minimum absolute atomic E-state index is 0.0000203. The lowest BCUT2D eigenvalue weighted by Crippen LogP contribution is -1.92. The van der Waals surface area contributed by atoms with E-state index in [0.29, 0.717) is 6.29 Å². The van der Waals surface area contributed by atoms with E-state index in [0.717, 1.165) is 39.9 Å². The number of carbonyl (C=O) groups is 1. The fourth-order valence-corrected chi connectivity index (χ4v) is 2.66. The third kappa shape index (κ3) is 3.01. The highest BCUT2D eigenvalue weighted by molar-refractivity contribution is 7.99. The maximum Gasteiger partial charge on any atom is 0.150 e. The number of rotatable bonds is 3.